The van der Waals surface area contributed by atoms with Crippen molar-refractivity contribution in [3.63, 3.8) is 0 Å². The molecular formula is C16H10Cl2N2. The summed E-state index contributed by atoms with van der Waals surface area (Å²) in [4.78, 5) is 8.58. The fourth-order valence-corrected chi connectivity index (χ4v) is 2.69. The Labute approximate surface area is 127 Å². The standard InChI is InChI=1S/C16H10Cl2N2/c17-12-9-13(16-19-7-4-8-20-16)15(14(18)10-12)11-5-2-1-3-6-11/h1-10H. The third kappa shape index (κ3) is 2.53. The van der Waals surface area contributed by atoms with E-state index in [1.54, 1.807) is 24.5 Å². The maximum atomic E-state index is 6.38. The van der Waals surface area contributed by atoms with Crippen LogP contribution < -0.4 is 0 Å². The smallest absolute Gasteiger partial charge is 0.159 e. The molecule has 0 saturated carbocycles. The lowest BCUT2D eigenvalue weighted by molar-refractivity contribution is 1.18. The molecule has 0 amide bonds. The number of halogens is 2. The van der Waals surface area contributed by atoms with Gasteiger partial charge in [0.1, 0.15) is 0 Å². The van der Waals surface area contributed by atoms with Crippen molar-refractivity contribution in [1.29, 1.82) is 0 Å². The van der Waals surface area contributed by atoms with E-state index < -0.39 is 0 Å². The molecule has 4 heteroatoms. The van der Waals surface area contributed by atoms with Gasteiger partial charge < -0.3 is 0 Å². The molecule has 3 rings (SSSR count). The van der Waals surface area contributed by atoms with Gasteiger partial charge in [-0.2, -0.15) is 0 Å². The van der Waals surface area contributed by atoms with Gasteiger partial charge in [-0.15, -0.1) is 0 Å². The Hall–Kier alpha value is -1.90. The summed E-state index contributed by atoms with van der Waals surface area (Å²) in [5, 5.41) is 1.16. The van der Waals surface area contributed by atoms with Crippen molar-refractivity contribution >= 4 is 23.2 Å². The largest absolute Gasteiger partial charge is 0.237 e. The van der Waals surface area contributed by atoms with Crippen LogP contribution >= 0.6 is 23.2 Å². The van der Waals surface area contributed by atoms with Crippen LogP contribution in [0.4, 0.5) is 0 Å². The van der Waals surface area contributed by atoms with E-state index in [0.717, 1.165) is 16.7 Å². The van der Waals surface area contributed by atoms with Gasteiger partial charge in [-0.3, -0.25) is 0 Å². The molecule has 98 valence electrons. The van der Waals surface area contributed by atoms with Crippen molar-refractivity contribution in [3.05, 3.63) is 71.0 Å². The second-order valence-corrected chi connectivity index (χ2v) is 5.09. The predicted molar refractivity (Wildman–Crippen MR) is 82.9 cm³/mol. The first-order chi connectivity index (χ1) is 9.75. The highest BCUT2D eigenvalue weighted by atomic mass is 35.5. The first-order valence-electron chi connectivity index (χ1n) is 6.07. The zero-order valence-electron chi connectivity index (χ0n) is 10.4. The Bertz CT molecular complexity index is 728. The van der Waals surface area contributed by atoms with E-state index in [1.807, 2.05) is 36.4 Å². The molecule has 0 saturated heterocycles. The highest BCUT2D eigenvalue weighted by Crippen LogP contribution is 2.38. The number of hydrogen-bond acceptors (Lipinski definition) is 2. The van der Waals surface area contributed by atoms with Crippen molar-refractivity contribution in [2.75, 3.05) is 0 Å². The van der Waals surface area contributed by atoms with Crippen LogP contribution in [0.2, 0.25) is 10.0 Å². The lowest BCUT2D eigenvalue weighted by Crippen LogP contribution is -1.92. The van der Waals surface area contributed by atoms with Gasteiger partial charge in [0.25, 0.3) is 0 Å². The fraction of sp³-hybridized carbons (Fsp3) is 0. The summed E-state index contributed by atoms with van der Waals surface area (Å²) in [6.07, 6.45) is 3.40. The Kier molecular flexibility index (Phi) is 3.68. The molecule has 0 aliphatic rings. The number of rotatable bonds is 2. The molecular weight excluding hydrogens is 291 g/mol. The first-order valence-corrected chi connectivity index (χ1v) is 6.83. The third-order valence-electron chi connectivity index (χ3n) is 2.92. The summed E-state index contributed by atoms with van der Waals surface area (Å²) < 4.78 is 0. The number of hydrogen-bond donors (Lipinski definition) is 0. The summed E-state index contributed by atoms with van der Waals surface area (Å²) in [5.41, 5.74) is 2.73. The van der Waals surface area contributed by atoms with E-state index in [4.69, 9.17) is 23.2 Å². The van der Waals surface area contributed by atoms with Gasteiger partial charge in [-0.25, -0.2) is 9.97 Å². The first kappa shape index (κ1) is 13.1. The van der Waals surface area contributed by atoms with E-state index in [1.165, 1.54) is 0 Å². The van der Waals surface area contributed by atoms with Crippen LogP contribution in [0.5, 0.6) is 0 Å². The molecule has 0 unspecified atom stereocenters. The van der Waals surface area contributed by atoms with Gasteiger partial charge in [0.2, 0.25) is 0 Å². The van der Waals surface area contributed by atoms with Crippen molar-refractivity contribution < 1.29 is 0 Å². The Morgan fingerprint density at radius 1 is 0.800 bits per heavy atom. The Balaban J connectivity index is 2.29. The molecule has 0 bridgehead atoms. The molecule has 0 N–H and O–H groups in total. The van der Waals surface area contributed by atoms with E-state index in [0.29, 0.717) is 15.9 Å². The van der Waals surface area contributed by atoms with E-state index in [-0.39, 0.29) is 0 Å². The van der Waals surface area contributed by atoms with Crippen LogP contribution in [0.1, 0.15) is 0 Å². The van der Waals surface area contributed by atoms with Gasteiger partial charge in [-0.1, -0.05) is 53.5 Å². The SMILES string of the molecule is Clc1cc(Cl)c(-c2ccccc2)c(-c2ncccn2)c1. The van der Waals surface area contributed by atoms with E-state index in [9.17, 15) is 0 Å². The van der Waals surface area contributed by atoms with Crippen LogP contribution in [-0.4, -0.2) is 9.97 Å². The Morgan fingerprint density at radius 3 is 2.20 bits per heavy atom. The molecule has 1 aromatic heterocycles. The second-order valence-electron chi connectivity index (χ2n) is 4.25. The summed E-state index contributed by atoms with van der Waals surface area (Å²) in [6, 6.07) is 15.3. The molecule has 0 atom stereocenters. The van der Waals surface area contributed by atoms with Crippen LogP contribution in [0, 0.1) is 0 Å². The summed E-state index contributed by atoms with van der Waals surface area (Å²) in [7, 11) is 0. The van der Waals surface area contributed by atoms with Gasteiger partial charge in [0.05, 0.1) is 5.02 Å². The van der Waals surface area contributed by atoms with Gasteiger partial charge in [0.15, 0.2) is 5.82 Å². The lowest BCUT2D eigenvalue weighted by atomic mass is 9.99. The lowest BCUT2D eigenvalue weighted by Gasteiger charge is -2.11. The topological polar surface area (TPSA) is 25.8 Å². The highest BCUT2D eigenvalue weighted by Gasteiger charge is 2.14. The van der Waals surface area contributed by atoms with Crippen molar-refractivity contribution in [2.45, 2.75) is 0 Å². The number of benzene rings is 2. The van der Waals surface area contributed by atoms with Crippen LogP contribution in [-0.2, 0) is 0 Å². The maximum absolute atomic E-state index is 6.38. The zero-order valence-corrected chi connectivity index (χ0v) is 11.9. The van der Waals surface area contributed by atoms with E-state index >= 15 is 0 Å². The van der Waals surface area contributed by atoms with Gasteiger partial charge in [0, 0.05) is 28.5 Å². The molecule has 0 spiro atoms. The normalized spacial score (nSPS) is 10.5. The maximum Gasteiger partial charge on any atom is 0.159 e. The monoisotopic (exact) mass is 300 g/mol. The highest BCUT2D eigenvalue weighted by molar-refractivity contribution is 6.37. The minimum absolute atomic E-state index is 0.567. The number of nitrogens with zero attached hydrogens (tertiary/aromatic N) is 2. The molecule has 0 aliphatic heterocycles. The van der Waals surface area contributed by atoms with Gasteiger partial charge >= 0.3 is 0 Å². The predicted octanol–water partition coefficient (Wildman–Crippen LogP) is 5.12. The van der Waals surface area contributed by atoms with Crippen LogP contribution in [0.25, 0.3) is 22.5 Å². The van der Waals surface area contributed by atoms with Gasteiger partial charge in [-0.05, 0) is 23.8 Å². The zero-order chi connectivity index (χ0) is 13.9. The molecule has 2 aromatic carbocycles. The van der Waals surface area contributed by atoms with Crippen molar-refractivity contribution in [3.8, 4) is 22.5 Å². The second kappa shape index (κ2) is 5.61. The van der Waals surface area contributed by atoms with Crippen molar-refractivity contribution in [1.82, 2.24) is 9.97 Å². The minimum Gasteiger partial charge on any atom is -0.237 e. The average molecular weight is 301 g/mol. The Morgan fingerprint density at radius 2 is 1.50 bits per heavy atom. The molecule has 0 fully saturated rings. The minimum atomic E-state index is 0.567. The molecule has 1 heterocycles. The quantitative estimate of drug-likeness (QED) is 0.656. The molecule has 0 radical (unpaired) electrons. The van der Waals surface area contributed by atoms with Crippen LogP contribution in [0.15, 0.2) is 60.9 Å². The molecule has 0 aliphatic carbocycles. The molecule has 3 aromatic rings. The molecule has 20 heavy (non-hydrogen) atoms. The molecule has 2 nitrogen and oxygen atoms in total. The third-order valence-corrected chi connectivity index (χ3v) is 3.44. The van der Waals surface area contributed by atoms with Crippen LogP contribution in [0.3, 0.4) is 0 Å². The summed E-state index contributed by atoms with van der Waals surface area (Å²) in [6.45, 7) is 0. The van der Waals surface area contributed by atoms with Crippen molar-refractivity contribution in [2.24, 2.45) is 0 Å². The average Bonchev–Trinajstić information content (AvgIpc) is 2.48. The van der Waals surface area contributed by atoms with E-state index in [2.05, 4.69) is 9.97 Å². The number of aromatic nitrogens is 2. The summed E-state index contributed by atoms with van der Waals surface area (Å²) in [5.74, 6) is 0.607. The summed E-state index contributed by atoms with van der Waals surface area (Å²) >= 11 is 12.5. The fourth-order valence-electron chi connectivity index (χ4n) is 2.09.